The van der Waals surface area contributed by atoms with Gasteiger partial charge in [-0.2, -0.15) is 0 Å². The Morgan fingerprint density at radius 3 is 2.73 bits per heavy atom. The largest absolute Gasteiger partial charge is 0.490 e. The molecule has 0 unspecified atom stereocenters. The predicted molar refractivity (Wildman–Crippen MR) is 136 cm³/mol. The van der Waals surface area contributed by atoms with Crippen LogP contribution in [-0.2, 0) is 16.9 Å². The molecule has 0 N–H and O–H groups in total. The van der Waals surface area contributed by atoms with E-state index in [-0.39, 0.29) is 5.60 Å². The van der Waals surface area contributed by atoms with Gasteiger partial charge in [0.05, 0.1) is 18.3 Å². The van der Waals surface area contributed by atoms with Gasteiger partial charge in [-0.3, -0.25) is 4.98 Å². The lowest BCUT2D eigenvalue weighted by Gasteiger charge is -2.22. The summed E-state index contributed by atoms with van der Waals surface area (Å²) in [7, 11) is 0. The number of unbranched alkanes of at least 4 members (excludes halogenated alkanes) is 1. The number of aromatic nitrogens is 1. The van der Waals surface area contributed by atoms with Gasteiger partial charge in [-0.15, -0.1) is 11.8 Å². The zero-order chi connectivity index (χ0) is 22.7. The van der Waals surface area contributed by atoms with Crippen molar-refractivity contribution in [3.8, 4) is 16.9 Å². The van der Waals surface area contributed by atoms with E-state index >= 15 is 0 Å². The molecule has 0 saturated heterocycles. The molecule has 2 aliphatic carbocycles. The summed E-state index contributed by atoms with van der Waals surface area (Å²) >= 11 is 8.42. The van der Waals surface area contributed by atoms with Crippen LogP contribution in [0.4, 0.5) is 0 Å². The molecule has 172 valence electrons. The zero-order valence-electron chi connectivity index (χ0n) is 19.1. The second-order valence-electron chi connectivity index (χ2n) is 8.97. The summed E-state index contributed by atoms with van der Waals surface area (Å²) in [5.74, 6) is 2.08. The van der Waals surface area contributed by atoms with E-state index in [2.05, 4.69) is 48.3 Å². The SMILES string of the molecule is CCCCSc1ccc(Cl)c(COC2(c3cnccc3-c3ccccc3OC3CC3)CC2)c1. The van der Waals surface area contributed by atoms with E-state index < -0.39 is 0 Å². The lowest BCUT2D eigenvalue weighted by Crippen LogP contribution is -2.14. The van der Waals surface area contributed by atoms with Crippen molar-refractivity contribution in [3.63, 3.8) is 0 Å². The summed E-state index contributed by atoms with van der Waals surface area (Å²) in [6.07, 6.45) is 10.9. The molecule has 33 heavy (non-hydrogen) atoms. The van der Waals surface area contributed by atoms with Gasteiger partial charge in [0.25, 0.3) is 0 Å². The van der Waals surface area contributed by atoms with Gasteiger partial charge in [-0.25, -0.2) is 0 Å². The number of benzene rings is 2. The van der Waals surface area contributed by atoms with Gasteiger partial charge in [-0.1, -0.05) is 43.1 Å². The minimum absolute atomic E-state index is 0.315. The molecule has 1 aromatic heterocycles. The average Bonchev–Trinajstić information content (AvgIpc) is 3.77. The van der Waals surface area contributed by atoms with Crippen LogP contribution in [0.5, 0.6) is 5.75 Å². The number of pyridine rings is 1. The molecule has 3 aromatic rings. The average molecular weight is 480 g/mol. The highest BCUT2D eigenvalue weighted by atomic mass is 35.5. The third-order valence-corrected chi connectivity index (χ3v) is 7.75. The molecule has 0 radical (unpaired) electrons. The van der Waals surface area contributed by atoms with Gasteiger partial charge in [0, 0.05) is 33.4 Å². The van der Waals surface area contributed by atoms with Crippen molar-refractivity contribution in [2.75, 3.05) is 5.75 Å². The summed E-state index contributed by atoms with van der Waals surface area (Å²) < 4.78 is 12.8. The van der Waals surface area contributed by atoms with Gasteiger partial charge >= 0.3 is 0 Å². The standard InChI is InChI=1S/C28H30ClNO2S/c1-2-3-16-33-22-10-11-26(29)20(17-22)19-31-28(13-14-28)25-18-30-15-12-23(25)24-6-4-5-7-27(24)32-21-8-9-21/h4-7,10-12,15,17-18,21H,2-3,8-9,13-14,16,19H2,1H3. The van der Waals surface area contributed by atoms with Crippen LogP contribution in [0.1, 0.15) is 56.6 Å². The first-order valence-electron chi connectivity index (χ1n) is 11.9. The molecular weight excluding hydrogens is 450 g/mol. The van der Waals surface area contributed by atoms with Crippen molar-refractivity contribution in [1.29, 1.82) is 0 Å². The number of nitrogens with zero attached hydrogens (tertiary/aromatic N) is 1. The number of hydrogen-bond acceptors (Lipinski definition) is 4. The highest BCUT2D eigenvalue weighted by Gasteiger charge is 2.47. The van der Waals surface area contributed by atoms with Crippen LogP contribution in [0, 0.1) is 0 Å². The Balaban J connectivity index is 1.37. The van der Waals surface area contributed by atoms with Crippen LogP contribution in [-0.4, -0.2) is 16.8 Å². The van der Waals surface area contributed by atoms with E-state index in [0.717, 1.165) is 64.5 Å². The van der Waals surface area contributed by atoms with Crippen molar-refractivity contribution in [2.45, 2.75) is 68.7 Å². The molecule has 3 nitrogen and oxygen atoms in total. The van der Waals surface area contributed by atoms with Crippen LogP contribution < -0.4 is 4.74 Å². The molecule has 0 amide bonds. The number of ether oxygens (including phenoxy) is 2. The monoisotopic (exact) mass is 479 g/mol. The molecule has 5 rings (SSSR count). The lowest BCUT2D eigenvalue weighted by atomic mass is 9.96. The third kappa shape index (κ3) is 5.40. The van der Waals surface area contributed by atoms with Crippen LogP contribution in [0.25, 0.3) is 11.1 Å². The Labute approximate surface area is 205 Å². The highest BCUT2D eigenvalue weighted by molar-refractivity contribution is 7.99. The summed E-state index contributed by atoms with van der Waals surface area (Å²) in [4.78, 5) is 5.71. The minimum Gasteiger partial charge on any atom is -0.490 e. The predicted octanol–water partition coefficient (Wildman–Crippen LogP) is 8.04. The van der Waals surface area contributed by atoms with E-state index in [4.69, 9.17) is 21.1 Å². The number of rotatable bonds is 11. The van der Waals surface area contributed by atoms with E-state index in [9.17, 15) is 0 Å². The summed E-state index contributed by atoms with van der Waals surface area (Å²) in [6, 6.07) is 16.7. The topological polar surface area (TPSA) is 31.4 Å². The molecule has 2 aromatic carbocycles. The van der Waals surface area contributed by atoms with E-state index in [1.165, 1.54) is 17.7 Å². The molecular formula is C28H30ClNO2S. The highest BCUT2D eigenvalue weighted by Crippen LogP contribution is 2.53. The first-order chi connectivity index (χ1) is 16.2. The summed E-state index contributed by atoms with van der Waals surface area (Å²) in [5, 5.41) is 0.764. The van der Waals surface area contributed by atoms with Crippen LogP contribution in [0.15, 0.2) is 65.8 Å². The first-order valence-corrected chi connectivity index (χ1v) is 13.3. The van der Waals surface area contributed by atoms with Crippen molar-refractivity contribution >= 4 is 23.4 Å². The fraction of sp³-hybridized carbons (Fsp3) is 0.393. The first kappa shape index (κ1) is 22.8. The van der Waals surface area contributed by atoms with Gasteiger partial charge in [0.15, 0.2) is 0 Å². The van der Waals surface area contributed by atoms with Crippen molar-refractivity contribution in [3.05, 3.63) is 77.1 Å². The fourth-order valence-corrected chi connectivity index (χ4v) is 5.29. The van der Waals surface area contributed by atoms with Crippen LogP contribution in [0.2, 0.25) is 5.02 Å². The van der Waals surface area contributed by atoms with Gasteiger partial charge in [0.2, 0.25) is 0 Å². The number of halogens is 1. The summed E-state index contributed by atoms with van der Waals surface area (Å²) in [5.41, 5.74) is 4.14. The smallest absolute Gasteiger partial charge is 0.127 e. The Kier molecular flexibility index (Phi) is 6.96. The fourth-order valence-electron chi connectivity index (χ4n) is 4.06. The van der Waals surface area contributed by atoms with Gasteiger partial charge in [0.1, 0.15) is 5.75 Å². The molecule has 0 aliphatic heterocycles. The molecule has 2 aliphatic rings. The van der Waals surface area contributed by atoms with Gasteiger partial charge < -0.3 is 9.47 Å². The maximum absolute atomic E-state index is 6.60. The minimum atomic E-state index is -0.315. The van der Waals surface area contributed by atoms with Crippen molar-refractivity contribution in [1.82, 2.24) is 4.98 Å². The normalized spacial score (nSPS) is 16.5. The van der Waals surface area contributed by atoms with E-state index in [0.29, 0.717) is 12.7 Å². The number of para-hydroxylation sites is 1. The van der Waals surface area contributed by atoms with Crippen LogP contribution >= 0.6 is 23.4 Å². The van der Waals surface area contributed by atoms with Gasteiger partial charge in [-0.05, 0) is 79.3 Å². The van der Waals surface area contributed by atoms with Crippen LogP contribution in [0.3, 0.4) is 0 Å². The van der Waals surface area contributed by atoms with E-state index in [1.807, 2.05) is 36.3 Å². The molecule has 0 bridgehead atoms. The Hall–Kier alpha value is -2.01. The molecule has 5 heteroatoms. The lowest BCUT2D eigenvalue weighted by molar-refractivity contribution is 0.0173. The second kappa shape index (κ2) is 10.1. The Morgan fingerprint density at radius 1 is 1.09 bits per heavy atom. The van der Waals surface area contributed by atoms with E-state index in [1.54, 1.807) is 0 Å². The molecule has 2 saturated carbocycles. The molecule has 0 atom stereocenters. The Morgan fingerprint density at radius 2 is 1.94 bits per heavy atom. The maximum Gasteiger partial charge on any atom is 0.127 e. The Bertz CT molecular complexity index is 1110. The van der Waals surface area contributed by atoms with Crippen molar-refractivity contribution in [2.24, 2.45) is 0 Å². The second-order valence-corrected chi connectivity index (χ2v) is 10.5. The molecule has 1 heterocycles. The maximum atomic E-state index is 6.60. The summed E-state index contributed by atoms with van der Waals surface area (Å²) in [6.45, 7) is 2.72. The molecule has 0 spiro atoms. The quantitative estimate of drug-likeness (QED) is 0.205. The zero-order valence-corrected chi connectivity index (χ0v) is 20.6. The molecule has 2 fully saturated rings. The number of thioether (sulfide) groups is 1. The number of hydrogen-bond donors (Lipinski definition) is 0. The van der Waals surface area contributed by atoms with Crippen molar-refractivity contribution < 1.29 is 9.47 Å². The third-order valence-electron chi connectivity index (χ3n) is 6.30.